The molecular formula is C20H13ClN2S2. The second-order valence-electron chi connectivity index (χ2n) is 6.12. The molecule has 0 fully saturated rings. The lowest BCUT2D eigenvalue weighted by Gasteiger charge is -2.27. The van der Waals surface area contributed by atoms with Crippen molar-refractivity contribution in [2.24, 2.45) is 0 Å². The van der Waals surface area contributed by atoms with Crippen LogP contribution in [0.5, 0.6) is 0 Å². The van der Waals surface area contributed by atoms with Gasteiger partial charge in [0.15, 0.2) is 5.11 Å². The largest absolute Gasteiger partial charge is 0.351 e. The molecule has 4 aromatic rings. The van der Waals surface area contributed by atoms with Crippen molar-refractivity contribution in [2.45, 2.75) is 6.04 Å². The number of halogens is 1. The van der Waals surface area contributed by atoms with Crippen molar-refractivity contribution in [3.63, 3.8) is 0 Å². The van der Waals surface area contributed by atoms with Gasteiger partial charge >= 0.3 is 0 Å². The van der Waals surface area contributed by atoms with E-state index in [4.69, 9.17) is 23.8 Å². The summed E-state index contributed by atoms with van der Waals surface area (Å²) in [5.41, 5.74) is 2.28. The smallest absolute Gasteiger partial charge is 0.171 e. The Morgan fingerprint density at radius 1 is 0.960 bits per heavy atom. The second kappa shape index (κ2) is 5.70. The third-order valence-electron chi connectivity index (χ3n) is 4.56. The maximum atomic E-state index is 6.20. The van der Waals surface area contributed by atoms with Gasteiger partial charge in [0.1, 0.15) is 0 Å². The highest BCUT2D eigenvalue weighted by molar-refractivity contribution is 7.80. The molecule has 2 N–H and O–H groups in total. The molecule has 3 aromatic carbocycles. The van der Waals surface area contributed by atoms with Gasteiger partial charge in [0.05, 0.1) is 16.6 Å². The lowest BCUT2D eigenvalue weighted by Crippen LogP contribution is -2.37. The number of benzene rings is 3. The van der Waals surface area contributed by atoms with Crippen LogP contribution in [-0.2, 0) is 0 Å². The third-order valence-corrected chi connectivity index (χ3v) is 6.25. The van der Waals surface area contributed by atoms with Crippen molar-refractivity contribution < 1.29 is 0 Å². The summed E-state index contributed by atoms with van der Waals surface area (Å²) in [4.78, 5) is 1.24. The van der Waals surface area contributed by atoms with Crippen molar-refractivity contribution in [1.29, 1.82) is 0 Å². The lowest BCUT2D eigenvalue weighted by atomic mass is 9.99. The second-order valence-corrected chi connectivity index (χ2v) is 8.05. The Morgan fingerprint density at radius 2 is 1.80 bits per heavy atom. The fourth-order valence-corrected chi connectivity index (χ4v) is 5.00. The van der Waals surface area contributed by atoms with Crippen LogP contribution in [0.3, 0.4) is 0 Å². The van der Waals surface area contributed by atoms with Crippen molar-refractivity contribution in [3.05, 3.63) is 76.1 Å². The minimum Gasteiger partial charge on any atom is -0.351 e. The van der Waals surface area contributed by atoms with Crippen LogP contribution in [0.1, 0.15) is 16.5 Å². The Kier molecular flexibility index (Phi) is 3.45. The molecule has 0 bridgehead atoms. The minimum absolute atomic E-state index is 0.0459. The monoisotopic (exact) mass is 380 g/mol. The first-order valence-corrected chi connectivity index (χ1v) is 9.57. The first kappa shape index (κ1) is 15.1. The van der Waals surface area contributed by atoms with Crippen LogP contribution in [0, 0.1) is 0 Å². The van der Waals surface area contributed by atoms with Crippen LogP contribution in [-0.4, -0.2) is 5.11 Å². The van der Waals surface area contributed by atoms with E-state index >= 15 is 0 Å². The maximum Gasteiger partial charge on any atom is 0.171 e. The third kappa shape index (κ3) is 2.49. The zero-order chi connectivity index (χ0) is 17.0. The average Bonchev–Trinajstić information content (AvgIpc) is 2.98. The molecule has 5 rings (SSSR count). The average molecular weight is 381 g/mol. The Morgan fingerprint density at radius 3 is 2.68 bits per heavy atom. The van der Waals surface area contributed by atoms with E-state index in [0.29, 0.717) is 5.11 Å². The molecular weight excluding hydrogens is 368 g/mol. The first-order valence-electron chi connectivity index (χ1n) is 7.97. The Hall–Kier alpha value is -2.14. The summed E-state index contributed by atoms with van der Waals surface area (Å²) in [6.07, 6.45) is 0. The van der Waals surface area contributed by atoms with Crippen LogP contribution in [0.4, 0.5) is 5.69 Å². The lowest BCUT2D eigenvalue weighted by molar-refractivity contribution is 0.776. The van der Waals surface area contributed by atoms with Gasteiger partial charge < -0.3 is 10.6 Å². The summed E-state index contributed by atoms with van der Waals surface area (Å²) in [6.45, 7) is 0. The molecule has 1 atom stereocenters. The number of rotatable bonds is 1. The predicted molar refractivity (Wildman–Crippen MR) is 112 cm³/mol. The van der Waals surface area contributed by atoms with E-state index in [0.717, 1.165) is 16.1 Å². The van der Waals surface area contributed by atoms with Crippen LogP contribution in [0.15, 0.2) is 60.7 Å². The number of fused-ring (bicyclic) bond motifs is 4. The number of nitrogens with one attached hydrogen (secondary N) is 2. The molecule has 0 saturated carbocycles. The SMILES string of the molecule is S=C1Nc2c(sc3ccc(Cl)cc23)C(c2ccc3ccccc3c2)N1. The highest BCUT2D eigenvalue weighted by Crippen LogP contribution is 2.44. The zero-order valence-electron chi connectivity index (χ0n) is 13.0. The molecule has 0 radical (unpaired) electrons. The van der Waals surface area contributed by atoms with Gasteiger partial charge in [-0.05, 0) is 52.8 Å². The number of hydrogen-bond donors (Lipinski definition) is 2. The summed E-state index contributed by atoms with van der Waals surface area (Å²) in [7, 11) is 0. The summed E-state index contributed by atoms with van der Waals surface area (Å²) in [5.74, 6) is 0. The maximum absolute atomic E-state index is 6.20. The highest BCUT2D eigenvalue weighted by Gasteiger charge is 2.28. The van der Waals surface area contributed by atoms with Crippen LogP contribution >= 0.6 is 35.2 Å². The molecule has 25 heavy (non-hydrogen) atoms. The van der Waals surface area contributed by atoms with Gasteiger partial charge in [-0.25, -0.2) is 0 Å². The van der Waals surface area contributed by atoms with E-state index in [2.05, 4.69) is 59.2 Å². The first-order chi connectivity index (χ1) is 12.2. The van der Waals surface area contributed by atoms with Gasteiger partial charge in [-0.3, -0.25) is 0 Å². The number of thiocarbonyl (C=S) groups is 1. The normalized spacial score (nSPS) is 16.5. The number of anilines is 1. The van der Waals surface area contributed by atoms with Gasteiger partial charge in [-0.2, -0.15) is 0 Å². The Balaban J connectivity index is 1.72. The minimum atomic E-state index is 0.0459. The molecule has 2 heterocycles. The highest BCUT2D eigenvalue weighted by atomic mass is 35.5. The molecule has 1 aliphatic heterocycles. The molecule has 1 aromatic heterocycles. The molecule has 0 aliphatic carbocycles. The molecule has 1 aliphatic rings. The molecule has 1 unspecified atom stereocenters. The van der Waals surface area contributed by atoms with Gasteiger partial charge in [0.2, 0.25) is 0 Å². The number of thiophene rings is 1. The Bertz CT molecular complexity index is 1150. The summed E-state index contributed by atoms with van der Waals surface area (Å²) in [6, 6.07) is 21.0. The van der Waals surface area contributed by atoms with E-state index < -0.39 is 0 Å². The fourth-order valence-electron chi connectivity index (χ4n) is 3.39. The van der Waals surface area contributed by atoms with Gasteiger partial charge in [0, 0.05) is 15.1 Å². The molecule has 0 saturated heterocycles. The number of hydrogen-bond acceptors (Lipinski definition) is 2. The van der Waals surface area contributed by atoms with Gasteiger partial charge in [0.25, 0.3) is 0 Å². The Labute approximate surface area is 159 Å². The summed E-state index contributed by atoms with van der Waals surface area (Å²) < 4.78 is 1.21. The summed E-state index contributed by atoms with van der Waals surface area (Å²) >= 11 is 13.4. The zero-order valence-corrected chi connectivity index (χ0v) is 15.4. The fraction of sp³-hybridized carbons (Fsp3) is 0.0500. The van der Waals surface area contributed by atoms with E-state index in [1.165, 1.54) is 25.9 Å². The standard InChI is InChI=1S/C20H13ClN2S2/c21-14-7-8-16-15(10-14)18-19(25-16)17(22-20(24)23-18)13-6-5-11-3-1-2-4-12(11)9-13/h1-10,17H,(H2,22,23,24). The predicted octanol–water partition coefficient (Wildman–Crippen LogP) is 6.10. The molecule has 0 spiro atoms. The van der Waals surface area contributed by atoms with Crippen LogP contribution in [0.2, 0.25) is 5.02 Å². The van der Waals surface area contributed by atoms with E-state index in [1.54, 1.807) is 11.3 Å². The van der Waals surface area contributed by atoms with Crippen molar-refractivity contribution in [2.75, 3.05) is 5.32 Å². The van der Waals surface area contributed by atoms with Crippen LogP contribution < -0.4 is 10.6 Å². The van der Waals surface area contributed by atoms with Crippen molar-refractivity contribution >= 4 is 66.8 Å². The molecule has 5 heteroatoms. The topological polar surface area (TPSA) is 24.1 Å². The van der Waals surface area contributed by atoms with Gasteiger partial charge in [-0.15, -0.1) is 11.3 Å². The quantitative estimate of drug-likeness (QED) is 0.390. The molecule has 0 amide bonds. The van der Waals surface area contributed by atoms with Crippen LogP contribution in [0.25, 0.3) is 20.9 Å². The van der Waals surface area contributed by atoms with Gasteiger partial charge in [-0.1, -0.05) is 48.0 Å². The van der Waals surface area contributed by atoms with E-state index in [1.807, 2.05) is 12.1 Å². The van der Waals surface area contributed by atoms with E-state index in [9.17, 15) is 0 Å². The van der Waals surface area contributed by atoms with E-state index in [-0.39, 0.29) is 6.04 Å². The molecule has 2 nitrogen and oxygen atoms in total. The molecule has 122 valence electrons. The summed E-state index contributed by atoms with van der Waals surface area (Å²) in [5, 5.41) is 11.7. The van der Waals surface area contributed by atoms with Crippen molar-refractivity contribution in [3.8, 4) is 0 Å². The van der Waals surface area contributed by atoms with Crippen molar-refractivity contribution in [1.82, 2.24) is 5.32 Å².